The van der Waals surface area contributed by atoms with Gasteiger partial charge >= 0.3 is 0 Å². The lowest BCUT2D eigenvalue weighted by Gasteiger charge is -2.33. The Hall–Kier alpha value is -2.95. The Labute approximate surface area is 207 Å². The van der Waals surface area contributed by atoms with Crippen LogP contribution in [0.4, 0.5) is 5.69 Å². The fourth-order valence-corrected chi connectivity index (χ4v) is 5.35. The SMILES string of the molecule is Cc1cc2c(c3c1CCC(CN(Cc1ccccc1)Cc1ccccc1)C3=O)CCC(=O)N2.Cl. The highest BCUT2D eigenvalue weighted by molar-refractivity contribution is 6.05. The highest BCUT2D eigenvalue weighted by Gasteiger charge is 2.34. The first-order valence-corrected chi connectivity index (χ1v) is 11.9. The van der Waals surface area contributed by atoms with Gasteiger partial charge in [-0.25, -0.2) is 0 Å². The van der Waals surface area contributed by atoms with Crippen molar-refractivity contribution in [2.24, 2.45) is 5.92 Å². The molecule has 1 heterocycles. The van der Waals surface area contributed by atoms with E-state index in [-0.39, 0.29) is 30.0 Å². The second-order valence-electron chi connectivity index (χ2n) is 9.36. The fraction of sp³-hybridized carbons (Fsp3) is 0.310. The molecule has 0 radical (unpaired) electrons. The number of fused-ring (bicyclic) bond motifs is 3. The Bertz CT molecular complexity index is 1140. The number of carbonyl (C=O) groups excluding carboxylic acids is 2. The number of carbonyl (C=O) groups is 2. The molecule has 1 aliphatic heterocycles. The smallest absolute Gasteiger partial charge is 0.224 e. The summed E-state index contributed by atoms with van der Waals surface area (Å²) in [6, 6.07) is 23.0. The van der Waals surface area contributed by atoms with E-state index in [0.29, 0.717) is 12.8 Å². The number of anilines is 1. The third kappa shape index (κ3) is 5.08. The van der Waals surface area contributed by atoms with Crippen LogP contribution in [0.5, 0.6) is 0 Å². The highest BCUT2D eigenvalue weighted by atomic mass is 35.5. The first-order chi connectivity index (χ1) is 16.1. The highest BCUT2D eigenvalue weighted by Crippen LogP contribution is 2.37. The predicted octanol–water partition coefficient (Wildman–Crippen LogP) is 5.75. The largest absolute Gasteiger partial charge is 0.326 e. The quantitative estimate of drug-likeness (QED) is 0.495. The van der Waals surface area contributed by atoms with E-state index < -0.39 is 0 Å². The Morgan fingerprint density at radius 2 is 1.47 bits per heavy atom. The van der Waals surface area contributed by atoms with E-state index in [1.54, 1.807) is 0 Å². The van der Waals surface area contributed by atoms with Crippen LogP contribution in [-0.2, 0) is 30.7 Å². The maximum atomic E-state index is 13.8. The van der Waals surface area contributed by atoms with Crippen molar-refractivity contribution >= 4 is 29.8 Å². The first-order valence-electron chi connectivity index (χ1n) is 11.9. The van der Waals surface area contributed by atoms with E-state index in [0.717, 1.165) is 54.9 Å². The van der Waals surface area contributed by atoms with Crippen molar-refractivity contribution in [2.75, 3.05) is 11.9 Å². The van der Waals surface area contributed by atoms with Crippen molar-refractivity contribution in [2.45, 2.75) is 45.7 Å². The van der Waals surface area contributed by atoms with Crippen LogP contribution in [0.3, 0.4) is 0 Å². The predicted molar refractivity (Wildman–Crippen MR) is 139 cm³/mol. The second kappa shape index (κ2) is 10.5. The summed E-state index contributed by atoms with van der Waals surface area (Å²) in [5.41, 5.74) is 7.58. The van der Waals surface area contributed by atoms with Gasteiger partial charge in [-0.2, -0.15) is 0 Å². The van der Waals surface area contributed by atoms with Gasteiger partial charge in [0.1, 0.15) is 0 Å². The van der Waals surface area contributed by atoms with Crippen LogP contribution in [0.2, 0.25) is 0 Å². The summed E-state index contributed by atoms with van der Waals surface area (Å²) in [5, 5.41) is 2.99. The lowest BCUT2D eigenvalue weighted by Crippen LogP contribution is -2.36. The van der Waals surface area contributed by atoms with Crippen LogP contribution in [0.15, 0.2) is 66.7 Å². The lowest BCUT2D eigenvalue weighted by atomic mass is 9.76. The van der Waals surface area contributed by atoms with Gasteiger partial charge in [-0.05, 0) is 60.1 Å². The number of hydrogen-bond acceptors (Lipinski definition) is 3. The van der Waals surface area contributed by atoms with Crippen molar-refractivity contribution < 1.29 is 9.59 Å². The number of amides is 1. The number of nitrogens with zero attached hydrogens (tertiary/aromatic N) is 1. The molecule has 0 fully saturated rings. The molecule has 0 saturated carbocycles. The number of ketones is 1. The third-order valence-electron chi connectivity index (χ3n) is 6.98. The van der Waals surface area contributed by atoms with Gasteiger partial charge in [-0.15, -0.1) is 12.4 Å². The summed E-state index contributed by atoms with van der Waals surface area (Å²) in [5.74, 6) is 0.255. The van der Waals surface area contributed by atoms with Crippen molar-refractivity contribution in [3.05, 3.63) is 100 Å². The summed E-state index contributed by atoms with van der Waals surface area (Å²) < 4.78 is 0. The zero-order chi connectivity index (χ0) is 22.8. The van der Waals surface area contributed by atoms with Crippen LogP contribution >= 0.6 is 12.4 Å². The molecular weight excluding hydrogens is 444 g/mol. The zero-order valence-electron chi connectivity index (χ0n) is 19.5. The minimum absolute atomic E-state index is 0. The van der Waals surface area contributed by atoms with Gasteiger partial charge in [-0.1, -0.05) is 60.7 Å². The third-order valence-corrected chi connectivity index (χ3v) is 6.98. The molecule has 3 aromatic carbocycles. The number of Topliss-reactive ketones (excluding diaryl/α,β-unsaturated/α-hetero) is 1. The first kappa shape index (κ1) is 24.2. The van der Waals surface area contributed by atoms with Crippen LogP contribution in [0.25, 0.3) is 0 Å². The van der Waals surface area contributed by atoms with Crippen molar-refractivity contribution in [1.29, 1.82) is 0 Å². The molecule has 0 aromatic heterocycles. The summed E-state index contributed by atoms with van der Waals surface area (Å²) in [6.45, 7) is 4.42. The molecule has 1 atom stereocenters. The lowest BCUT2D eigenvalue weighted by molar-refractivity contribution is -0.116. The second-order valence-corrected chi connectivity index (χ2v) is 9.36. The van der Waals surface area contributed by atoms with E-state index in [1.165, 1.54) is 16.7 Å². The van der Waals surface area contributed by atoms with Gasteiger partial charge in [0.25, 0.3) is 0 Å². The molecule has 5 rings (SSSR count). The standard InChI is InChI=1S/C29H30N2O2.ClH/c1-20-16-26-25(14-15-27(32)30-26)28-24(20)13-12-23(29(28)33)19-31(17-21-8-4-2-5-9-21)18-22-10-6-3-7-11-22;/h2-11,16,23H,12-15,17-19H2,1H3,(H,30,32);1H. The van der Waals surface area contributed by atoms with E-state index in [1.807, 2.05) is 12.1 Å². The maximum Gasteiger partial charge on any atom is 0.224 e. The molecule has 0 bridgehead atoms. The minimum atomic E-state index is -0.0338. The van der Waals surface area contributed by atoms with E-state index in [4.69, 9.17) is 0 Å². The Kier molecular flexibility index (Phi) is 7.50. The molecule has 1 amide bonds. The van der Waals surface area contributed by atoms with Crippen molar-refractivity contribution in [3.8, 4) is 0 Å². The van der Waals surface area contributed by atoms with E-state index in [2.05, 4.69) is 71.7 Å². The molecule has 0 spiro atoms. The van der Waals surface area contributed by atoms with Gasteiger partial charge in [0, 0.05) is 43.2 Å². The topological polar surface area (TPSA) is 49.4 Å². The average molecular weight is 475 g/mol. The average Bonchev–Trinajstić information content (AvgIpc) is 2.82. The van der Waals surface area contributed by atoms with Crippen LogP contribution in [0, 0.1) is 12.8 Å². The zero-order valence-corrected chi connectivity index (χ0v) is 20.4. The molecule has 3 aromatic rings. The van der Waals surface area contributed by atoms with Crippen molar-refractivity contribution in [1.82, 2.24) is 4.90 Å². The van der Waals surface area contributed by atoms with Crippen LogP contribution in [-0.4, -0.2) is 23.1 Å². The summed E-state index contributed by atoms with van der Waals surface area (Å²) in [7, 11) is 0. The minimum Gasteiger partial charge on any atom is -0.326 e. The molecule has 5 heteroatoms. The molecule has 34 heavy (non-hydrogen) atoms. The van der Waals surface area contributed by atoms with Gasteiger partial charge < -0.3 is 5.32 Å². The van der Waals surface area contributed by atoms with Gasteiger partial charge in [0.05, 0.1) is 0 Å². The number of aryl methyl sites for hydroxylation is 1. The fourth-order valence-electron chi connectivity index (χ4n) is 5.35. The molecule has 1 N–H and O–H groups in total. The van der Waals surface area contributed by atoms with Crippen LogP contribution < -0.4 is 5.32 Å². The number of nitrogens with one attached hydrogen (secondary N) is 1. The molecule has 1 aliphatic carbocycles. The molecular formula is C29H31ClN2O2. The number of halogens is 1. The van der Waals surface area contributed by atoms with E-state index >= 15 is 0 Å². The number of benzene rings is 3. The summed E-state index contributed by atoms with van der Waals surface area (Å²) in [6.07, 6.45) is 2.90. The summed E-state index contributed by atoms with van der Waals surface area (Å²) >= 11 is 0. The monoisotopic (exact) mass is 474 g/mol. The maximum absolute atomic E-state index is 13.8. The normalized spacial score (nSPS) is 16.9. The summed E-state index contributed by atoms with van der Waals surface area (Å²) in [4.78, 5) is 28.2. The Morgan fingerprint density at radius 3 is 2.09 bits per heavy atom. The molecule has 176 valence electrons. The number of hydrogen-bond donors (Lipinski definition) is 1. The Morgan fingerprint density at radius 1 is 0.853 bits per heavy atom. The molecule has 4 nitrogen and oxygen atoms in total. The molecule has 0 saturated heterocycles. The van der Waals surface area contributed by atoms with Gasteiger partial charge in [-0.3, -0.25) is 14.5 Å². The Balaban J connectivity index is 0.00000274. The van der Waals surface area contributed by atoms with Gasteiger partial charge in [0.15, 0.2) is 5.78 Å². The van der Waals surface area contributed by atoms with Gasteiger partial charge in [0.2, 0.25) is 5.91 Å². The molecule has 1 unspecified atom stereocenters. The van der Waals surface area contributed by atoms with Crippen molar-refractivity contribution in [3.63, 3.8) is 0 Å². The number of rotatable bonds is 6. The van der Waals surface area contributed by atoms with E-state index in [9.17, 15) is 9.59 Å². The van der Waals surface area contributed by atoms with Crippen LogP contribution in [0.1, 0.15) is 51.0 Å². The molecule has 2 aliphatic rings.